The second-order valence-electron chi connectivity index (χ2n) is 4.47. The lowest BCUT2D eigenvalue weighted by Gasteiger charge is -2.07. The van der Waals surface area contributed by atoms with Crippen LogP contribution in [-0.4, -0.2) is 43.5 Å². The van der Waals surface area contributed by atoms with Crippen molar-refractivity contribution in [2.75, 3.05) is 33.5 Å². The van der Waals surface area contributed by atoms with Gasteiger partial charge in [-0.15, -0.1) is 0 Å². The normalized spacial score (nSPS) is 14.6. The van der Waals surface area contributed by atoms with Crippen molar-refractivity contribution in [1.29, 1.82) is 0 Å². The van der Waals surface area contributed by atoms with E-state index in [9.17, 15) is 0 Å². The first-order valence-electron chi connectivity index (χ1n) is 6.53. The van der Waals surface area contributed by atoms with Gasteiger partial charge in [0.1, 0.15) is 11.0 Å². The van der Waals surface area contributed by atoms with Crippen LogP contribution < -0.4 is 4.74 Å². The Morgan fingerprint density at radius 3 is 2.79 bits per heavy atom. The fourth-order valence-electron chi connectivity index (χ4n) is 1.59. The van der Waals surface area contributed by atoms with E-state index in [0.717, 1.165) is 25.1 Å². The SMILES string of the molecule is COCCOCCCOc1cc(Cl)nc(C2CC2)n1. The van der Waals surface area contributed by atoms with E-state index < -0.39 is 0 Å². The molecule has 0 N–H and O–H groups in total. The van der Waals surface area contributed by atoms with Crippen molar-refractivity contribution in [1.82, 2.24) is 9.97 Å². The minimum Gasteiger partial charge on any atom is -0.477 e. The molecule has 5 nitrogen and oxygen atoms in total. The van der Waals surface area contributed by atoms with Gasteiger partial charge in [0.25, 0.3) is 0 Å². The molecule has 19 heavy (non-hydrogen) atoms. The van der Waals surface area contributed by atoms with E-state index in [0.29, 0.717) is 43.4 Å². The minimum atomic E-state index is 0.447. The summed E-state index contributed by atoms with van der Waals surface area (Å²) < 4.78 is 15.8. The number of nitrogens with zero attached hydrogens (tertiary/aromatic N) is 2. The molecule has 1 saturated carbocycles. The Bertz CT molecular complexity index is 399. The highest BCUT2D eigenvalue weighted by atomic mass is 35.5. The van der Waals surface area contributed by atoms with Crippen LogP contribution in [-0.2, 0) is 9.47 Å². The van der Waals surface area contributed by atoms with Crippen LogP contribution in [0.25, 0.3) is 0 Å². The molecular weight excluding hydrogens is 268 g/mol. The van der Waals surface area contributed by atoms with Crippen LogP contribution in [0.1, 0.15) is 31.0 Å². The van der Waals surface area contributed by atoms with E-state index in [-0.39, 0.29) is 0 Å². The Kier molecular flexibility index (Phi) is 5.82. The highest BCUT2D eigenvalue weighted by Gasteiger charge is 2.27. The number of halogens is 1. The van der Waals surface area contributed by atoms with Gasteiger partial charge in [-0.3, -0.25) is 0 Å². The number of hydrogen-bond donors (Lipinski definition) is 0. The van der Waals surface area contributed by atoms with E-state index in [1.165, 1.54) is 0 Å². The van der Waals surface area contributed by atoms with Crippen molar-refractivity contribution < 1.29 is 14.2 Å². The van der Waals surface area contributed by atoms with Crippen LogP contribution in [0.15, 0.2) is 6.07 Å². The van der Waals surface area contributed by atoms with Gasteiger partial charge < -0.3 is 14.2 Å². The second-order valence-corrected chi connectivity index (χ2v) is 4.86. The van der Waals surface area contributed by atoms with Crippen molar-refractivity contribution in [3.63, 3.8) is 0 Å². The fourth-order valence-corrected chi connectivity index (χ4v) is 1.77. The molecular formula is C13H19ClN2O3. The molecule has 1 aromatic heterocycles. The molecule has 0 atom stereocenters. The van der Waals surface area contributed by atoms with Crippen LogP contribution >= 0.6 is 11.6 Å². The molecule has 1 heterocycles. The summed E-state index contributed by atoms with van der Waals surface area (Å²) in [5, 5.41) is 0.447. The molecule has 1 aliphatic carbocycles. The zero-order chi connectivity index (χ0) is 13.5. The molecule has 0 aromatic carbocycles. The predicted molar refractivity (Wildman–Crippen MR) is 71.8 cm³/mol. The van der Waals surface area contributed by atoms with Crippen molar-refractivity contribution in [3.05, 3.63) is 17.0 Å². The first-order valence-corrected chi connectivity index (χ1v) is 6.91. The lowest BCUT2D eigenvalue weighted by atomic mass is 10.4. The summed E-state index contributed by atoms with van der Waals surface area (Å²) in [6, 6.07) is 1.65. The number of methoxy groups -OCH3 is 1. The third kappa shape index (κ3) is 5.30. The maximum Gasteiger partial charge on any atom is 0.218 e. The molecule has 0 unspecified atom stereocenters. The summed E-state index contributed by atoms with van der Waals surface area (Å²) in [6.45, 7) is 2.44. The standard InChI is InChI=1S/C13H19ClN2O3/c1-17-7-8-18-5-2-6-19-12-9-11(14)15-13(16-12)10-3-4-10/h9-10H,2-8H2,1H3. The highest BCUT2D eigenvalue weighted by molar-refractivity contribution is 6.29. The van der Waals surface area contributed by atoms with E-state index in [2.05, 4.69) is 9.97 Å². The van der Waals surface area contributed by atoms with E-state index in [1.54, 1.807) is 13.2 Å². The molecule has 0 bridgehead atoms. The Hall–Kier alpha value is -0.910. The Balaban J connectivity index is 1.67. The third-order valence-corrected chi connectivity index (χ3v) is 2.94. The van der Waals surface area contributed by atoms with Gasteiger partial charge in [0.05, 0.1) is 19.8 Å². The van der Waals surface area contributed by atoms with Crippen molar-refractivity contribution in [2.45, 2.75) is 25.2 Å². The molecule has 6 heteroatoms. The zero-order valence-electron chi connectivity index (χ0n) is 11.1. The molecule has 106 valence electrons. The molecule has 1 fully saturated rings. The van der Waals surface area contributed by atoms with Gasteiger partial charge in [-0.2, -0.15) is 4.98 Å². The molecule has 1 aromatic rings. The van der Waals surface area contributed by atoms with E-state index >= 15 is 0 Å². The number of ether oxygens (including phenoxy) is 3. The van der Waals surface area contributed by atoms with Gasteiger partial charge in [-0.25, -0.2) is 4.98 Å². The quantitative estimate of drug-likeness (QED) is 0.515. The number of rotatable bonds is 9. The summed E-state index contributed by atoms with van der Waals surface area (Å²) in [6.07, 6.45) is 3.10. The van der Waals surface area contributed by atoms with Crippen LogP contribution in [0, 0.1) is 0 Å². The summed E-state index contributed by atoms with van der Waals surface area (Å²) >= 11 is 5.95. The molecule has 0 saturated heterocycles. The Labute approximate surface area is 118 Å². The largest absolute Gasteiger partial charge is 0.477 e. The van der Waals surface area contributed by atoms with Gasteiger partial charge in [-0.1, -0.05) is 11.6 Å². The van der Waals surface area contributed by atoms with Crippen LogP contribution in [0.2, 0.25) is 5.15 Å². The van der Waals surface area contributed by atoms with Crippen LogP contribution in [0.4, 0.5) is 0 Å². The summed E-state index contributed by atoms with van der Waals surface area (Å²) in [7, 11) is 1.66. The van der Waals surface area contributed by atoms with E-state index in [1.807, 2.05) is 0 Å². The van der Waals surface area contributed by atoms with Gasteiger partial charge in [0.15, 0.2) is 0 Å². The monoisotopic (exact) mass is 286 g/mol. The first-order chi connectivity index (χ1) is 9.29. The summed E-state index contributed by atoms with van der Waals surface area (Å²) in [5.74, 6) is 1.83. The molecule has 0 spiro atoms. The zero-order valence-corrected chi connectivity index (χ0v) is 11.9. The first kappa shape index (κ1) is 14.5. The summed E-state index contributed by atoms with van der Waals surface area (Å²) in [4.78, 5) is 8.57. The van der Waals surface area contributed by atoms with Crippen molar-refractivity contribution >= 4 is 11.6 Å². The lowest BCUT2D eigenvalue weighted by molar-refractivity contribution is 0.0642. The number of aromatic nitrogens is 2. The molecule has 0 amide bonds. The Morgan fingerprint density at radius 1 is 1.21 bits per heavy atom. The van der Waals surface area contributed by atoms with Gasteiger partial charge in [0, 0.05) is 32.1 Å². The van der Waals surface area contributed by atoms with E-state index in [4.69, 9.17) is 25.8 Å². The van der Waals surface area contributed by atoms with Gasteiger partial charge in [0.2, 0.25) is 5.88 Å². The fraction of sp³-hybridized carbons (Fsp3) is 0.692. The maximum absolute atomic E-state index is 5.95. The molecule has 1 aliphatic rings. The summed E-state index contributed by atoms with van der Waals surface area (Å²) in [5.41, 5.74) is 0. The van der Waals surface area contributed by atoms with Crippen molar-refractivity contribution in [3.8, 4) is 5.88 Å². The molecule has 2 rings (SSSR count). The minimum absolute atomic E-state index is 0.447. The Morgan fingerprint density at radius 2 is 2.05 bits per heavy atom. The van der Waals surface area contributed by atoms with Crippen LogP contribution in [0.3, 0.4) is 0 Å². The third-order valence-electron chi connectivity index (χ3n) is 2.75. The topological polar surface area (TPSA) is 53.5 Å². The van der Waals surface area contributed by atoms with Gasteiger partial charge in [-0.05, 0) is 12.8 Å². The molecule has 0 aliphatic heterocycles. The second kappa shape index (κ2) is 7.62. The average molecular weight is 287 g/mol. The van der Waals surface area contributed by atoms with Crippen molar-refractivity contribution in [2.24, 2.45) is 0 Å². The van der Waals surface area contributed by atoms with Gasteiger partial charge >= 0.3 is 0 Å². The molecule has 0 radical (unpaired) electrons. The maximum atomic E-state index is 5.95. The smallest absolute Gasteiger partial charge is 0.218 e. The lowest BCUT2D eigenvalue weighted by Crippen LogP contribution is -2.08. The average Bonchev–Trinajstić information content (AvgIpc) is 3.21. The highest BCUT2D eigenvalue weighted by Crippen LogP contribution is 2.38. The predicted octanol–water partition coefficient (Wildman–Crippen LogP) is 2.44. The van der Waals surface area contributed by atoms with Crippen LogP contribution in [0.5, 0.6) is 5.88 Å². The number of hydrogen-bond acceptors (Lipinski definition) is 5.